The molecule has 3 heteroatoms. The summed E-state index contributed by atoms with van der Waals surface area (Å²) in [5.41, 5.74) is 2.48. The normalized spacial score (nSPS) is 15.9. The van der Waals surface area contributed by atoms with Gasteiger partial charge in [-0.05, 0) is 36.3 Å². The maximum Gasteiger partial charge on any atom is 0.0693 e. The lowest BCUT2D eigenvalue weighted by Gasteiger charge is -2.14. The predicted octanol–water partition coefficient (Wildman–Crippen LogP) is 3.21. The van der Waals surface area contributed by atoms with Gasteiger partial charge in [-0.3, -0.25) is 0 Å². The van der Waals surface area contributed by atoms with E-state index in [0.29, 0.717) is 0 Å². The molecule has 0 radical (unpaired) electrons. The van der Waals surface area contributed by atoms with Crippen molar-refractivity contribution in [1.82, 2.24) is 0 Å². The van der Waals surface area contributed by atoms with Crippen LogP contribution in [-0.2, 0) is 4.74 Å². The Morgan fingerprint density at radius 2 is 2.07 bits per heavy atom. The van der Waals surface area contributed by atoms with E-state index >= 15 is 0 Å². The molecule has 0 bridgehead atoms. The van der Waals surface area contributed by atoms with E-state index in [1.165, 1.54) is 5.57 Å². The van der Waals surface area contributed by atoms with Crippen LogP contribution in [0.25, 0.3) is 0 Å². The first-order chi connectivity index (χ1) is 7.34. The van der Waals surface area contributed by atoms with Crippen LogP contribution in [0.3, 0.4) is 0 Å². The van der Waals surface area contributed by atoms with Crippen LogP contribution in [0.1, 0.15) is 6.42 Å². The number of benzene rings is 1. The number of anilines is 1. The van der Waals surface area contributed by atoms with E-state index in [2.05, 4.69) is 39.5 Å². The molecule has 1 aromatic rings. The molecule has 0 saturated carbocycles. The number of hydrogen-bond acceptors (Lipinski definition) is 2. The molecule has 2 rings (SSSR count). The van der Waals surface area contributed by atoms with Gasteiger partial charge in [-0.15, -0.1) is 0 Å². The minimum atomic E-state index is 0.767. The van der Waals surface area contributed by atoms with E-state index in [1.807, 2.05) is 12.1 Å². The lowest BCUT2D eigenvalue weighted by Crippen LogP contribution is -2.13. The standard InChI is InChI=1S/C12H14BrNO/c13-11-3-5-12(6-4-11)14-8-10-2-1-7-15-9-10/h2-6,14H,1,7-9H2. The maximum absolute atomic E-state index is 5.37. The third-order valence-electron chi connectivity index (χ3n) is 2.35. The van der Waals surface area contributed by atoms with Gasteiger partial charge in [0.25, 0.3) is 0 Å². The number of nitrogens with one attached hydrogen (secondary N) is 1. The zero-order valence-electron chi connectivity index (χ0n) is 8.50. The molecule has 0 aliphatic carbocycles. The lowest BCUT2D eigenvalue weighted by atomic mass is 10.2. The third kappa shape index (κ3) is 3.36. The molecule has 0 atom stereocenters. The largest absolute Gasteiger partial charge is 0.381 e. The molecular weight excluding hydrogens is 254 g/mol. The molecule has 15 heavy (non-hydrogen) atoms. The minimum Gasteiger partial charge on any atom is -0.381 e. The Kier molecular flexibility index (Phi) is 3.80. The van der Waals surface area contributed by atoms with Crippen molar-refractivity contribution in [3.8, 4) is 0 Å². The van der Waals surface area contributed by atoms with Crippen LogP contribution in [0, 0.1) is 0 Å². The van der Waals surface area contributed by atoms with Gasteiger partial charge in [-0.1, -0.05) is 22.0 Å². The monoisotopic (exact) mass is 267 g/mol. The molecule has 0 unspecified atom stereocenters. The Labute approximate surface area is 98.5 Å². The number of halogens is 1. The van der Waals surface area contributed by atoms with Crippen molar-refractivity contribution in [3.63, 3.8) is 0 Å². The first-order valence-corrected chi connectivity index (χ1v) is 5.89. The van der Waals surface area contributed by atoms with Gasteiger partial charge in [0.05, 0.1) is 13.2 Å². The van der Waals surface area contributed by atoms with E-state index in [9.17, 15) is 0 Å². The fourth-order valence-electron chi connectivity index (χ4n) is 1.52. The van der Waals surface area contributed by atoms with Gasteiger partial charge in [0.2, 0.25) is 0 Å². The first kappa shape index (κ1) is 10.7. The molecule has 1 aliphatic rings. The molecule has 0 spiro atoms. The van der Waals surface area contributed by atoms with Crippen LogP contribution < -0.4 is 5.32 Å². The summed E-state index contributed by atoms with van der Waals surface area (Å²) in [6, 6.07) is 8.20. The van der Waals surface area contributed by atoms with Crippen molar-refractivity contribution >= 4 is 21.6 Å². The summed E-state index contributed by atoms with van der Waals surface area (Å²) in [6.45, 7) is 2.51. The summed E-state index contributed by atoms with van der Waals surface area (Å²) >= 11 is 3.41. The summed E-state index contributed by atoms with van der Waals surface area (Å²) in [6.07, 6.45) is 3.30. The smallest absolute Gasteiger partial charge is 0.0693 e. The van der Waals surface area contributed by atoms with Crippen LogP contribution in [0.15, 0.2) is 40.4 Å². The van der Waals surface area contributed by atoms with Crippen LogP contribution in [-0.4, -0.2) is 19.8 Å². The van der Waals surface area contributed by atoms with Crippen molar-refractivity contribution in [1.29, 1.82) is 0 Å². The second kappa shape index (κ2) is 5.33. The number of hydrogen-bond donors (Lipinski definition) is 1. The summed E-state index contributed by atoms with van der Waals surface area (Å²) in [7, 11) is 0. The van der Waals surface area contributed by atoms with E-state index in [0.717, 1.165) is 36.3 Å². The maximum atomic E-state index is 5.37. The molecular formula is C12H14BrNO. The highest BCUT2D eigenvalue weighted by Crippen LogP contribution is 2.15. The van der Waals surface area contributed by atoms with Gasteiger partial charge in [-0.25, -0.2) is 0 Å². The fraction of sp³-hybridized carbons (Fsp3) is 0.333. The third-order valence-corrected chi connectivity index (χ3v) is 2.88. The Balaban J connectivity index is 1.87. The van der Waals surface area contributed by atoms with Crippen LogP contribution in [0.4, 0.5) is 5.69 Å². The molecule has 2 nitrogen and oxygen atoms in total. The van der Waals surface area contributed by atoms with Gasteiger partial charge in [0.15, 0.2) is 0 Å². The Morgan fingerprint density at radius 3 is 2.73 bits per heavy atom. The minimum absolute atomic E-state index is 0.767. The summed E-state index contributed by atoms with van der Waals surface area (Å²) in [4.78, 5) is 0. The molecule has 0 saturated heterocycles. The highest BCUT2D eigenvalue weighted by atomic mass is 79.9. The average molecular weight is 268 g/mol. The summed E-state index contributed by atoms with van der Waals surface area (Å²) in [5.74, 6) is 0. The van der Waals surface area contributed by atoms with E-state index < -0.39 is 0 Å². The SMILES string of the molecule is Brc1ccc(NCC2=CCCOC2)cc1. The molecule has 0 amide bonds. The van der Waals surface area contributed by atoms with Gasteiger partial charge in [0, 0.05) is 16.7 Å². The molecule has 1 aromatic carbocycles. The second-order valence-electron chi connectivity index (χ2n) is 3.56. The molecule has 0 fully saturated rings. The van der Waals surface area contributed by atoms with Crippen molar-refractivity contribution in [2.45, 2.75) is 6.42 Å². The highest BCUT2D eigenvalue weighted by Gasteiger charge is 2.02. The number of ether oxygens (including phenoxy) is 1. The predicted molar refractivity (Wildman–Crippen MR) is 66.2 cm³/mol. The summed E-state index contributed by atoms with van der Waals surface area (Å²) < 4.78 is 6.48. The van der Waals surface area contributed by atoms with Gasteiger partial charge in [-0.2, -0.15) is 0 Å². The molecule has 1 aliphatic heterocycles. The summed E-state index contributed by atoms with van der Waals surface area (Å²) in [5, 5.41) is 3.37. The zero-order valence-corrected chi connectivity index (χ0v) is 10.1. The topological polar surface area (TPSA) is 21.3 Å². The van der Waals surface area contributed by atoms with Gasteiger partial charge in [0.1, 0.15) is 0 Å². The first-order valence-electron chi connectivity index (χ1n) is 5.10. The molecule has 80 valence electrons. The van der Waals surface area contributed by atoms with Crippen LogP contribution >= 0.6 is 15.9 Å². The Morgan fingerprint density at radius 1 is 1.27 bits per heavy atom. The highest BCUT2D eigenvalue weighted by molar-refractivity contribution is 9.10. The number of rotatable bonds is 3. The fourth-order valence-corrected chi connectivity index (χ4v) is 1.78. The van der Waals surface area contributed by atoms with Gasteiger partial charge < -0.3 is 10.1 Å². The van der Waals surface area contributed by atoms with Crippen molar-refractivity contribution < 1.29 is 4.74 Å². The van der Waals surface area contributed by atoms with E-state index in [1.54, 1.807) is 0 Å². The zero-order chi connectivity index (χ0) is 10.5. The molecule has 0 aromatic heterocycles. The second-order valence-corrected chi connectivity index (χ2v) is 4.48. The molecule has 1 heterocycles. The average Bonchev–Trinajstić information content (AvgIpc) is 2.30. The lowest BCUT2D eigenvalue weighted by molar-refractivity contribution is 0.150. The van der Waals surface area contributed by atoms with E-state index in [4.69, 9.17) is 4.74 Å². The van der Waals surface area contributed by atoms with Crippen LogP contribution in [0.2, 0.25) is 0 Å². The van der Waals surface area contributed by atoms with Crippen molar-refractivity contribution in [2.75, 3.05) is 25.1 Å². The molecule has 1 N–H and O–H groups in total. The Bertz CT molecular complexity index is 345. The van der Waals surface area contributed by atoms with E-state index in [-0.39, 0.29) is 0 Å². The quantitative estimate of drug-likeness (QED) is 0.850. The van der Waals surface area contributed by atoms with Crippen LogP contribution in [0.5, 0.6) is 0 Å². The van der Waals surface area contributed by atoms with Crippen molar-refractivity contribution in [3.05, 3.63) is 40.4 Å². The Hall–Kier alpha value is -0.800. The van der Waals surface area contributed by atoms with Crippen molar-refractivity contribution in [2.24, 2.45) is 0 Å². The van der Waals surface area contributed by atoms with Gasteiger partial charge >= 0.3 is 0 Å².